The Bertz CT molecular complexity index is 593. The Morgan fingerprint density at radius 2 is 2.16 bits per heavy atom. The van der Waals surface area contributed by atoms with E-state index in [-0.39, 0.29) is 23.7 Å². The second kappa shape index (κ2) is 9.68. The largest absolute Gasteiger partial charge is 0.497 e. The number of nitrogens with zero attached hydrogens (tertiary/aromatic N) is 2. The van der Waals surface area contributed by atoms with E-state index < -0.39 is 0 Å². The number of carbonyl (C=O) groups excluding carboxylic acids is 2. The van der Waals surface area contributed by atoms with E-state index in [1.165, 1.54) is 11.8 Å². The summed E-state index contributed by atoms with van der Waals surface area (Å²) < 4.78 is 5.33. The van der Waals surface area contributed by atoms with Crippen molar-refractivity contribution in [2.75, 3.05) is 45.6 Å². The molecule has 0 spiro atoms. The van der Waals surface area contributed by atoms with Gasteiger partial charge in [0.15, 0.2) is 0 Å². The van der Waals surface area contributed by atoms with Crippen LogP contribution in [-0.2, 0) is 4.79 Å². The van der Waals surface area contributed by atoms with Gasteiger partial charge < -0.3 is 15.0 Å². The molecule has 0 saturated carbocycles. The number of methoxy groups -OCH3 is 1. The molecule has 1 saturated heterocycles. The minimum absolute atomic E-state index is 0.0109. The number of nitrogens with one attached hydrogen (secondary N) is 1. The Morgan fingerprint density at radius 3 is 2.76 bits per heavy atom. The molecule has 1 atom stereocenters. The van der Waals surface area contributed by atoms with Gasteiger partial charge in [-0.15, -0.1) is 0 Å². The predicted octanol–water partition coefficient (Wildman–Crippen LogP) is 2.36. The van der Waals surface area contributed by atoms with Crippen molar-refractivity contribution in [3.8, 4) is 5.75 Å². The summed E-state index contributed by atoms with van der Waals surface area (Å²) in [6.45, 7) is 7.27. The first-order valence-corrected chi connectivity index (χ1v) is 9.64. The molecular weight excluding hydrogens is 338 g/mol. The van der Waals surface area contributed by atoms with Crippen LogP contribution in [0.2, 0.25) is 0 Å². The molecule has 1 fully saturated rings. The van der Waals surface area contributed by atoms with E-state index >= 15 is 0 Å². The van der Waals surface area contributed by atoms with Crippen molar-refractivity contribution in [2.45, 2.75) is 19.9 Å². The summed E-state index contributed by atoms with van der Waals surface area (Å²) >= 11 is 1.27. The van der Waals surface area contributed by atoms with Crippen LogP contribution in [0.1, 0.15) is 25.5 Å². The zero-order valence-corrected chi connectivity index (χ0v) is 16.0. The third-order valence-corrected chi connectivity index (χ3v) is 5.30. The maximum absolute atomic E-state index is 12.2. The number of amides is 2. The summed E-state index contributed by atoms with van der Waals surface area (Å²) in [7, 11) is 1.65. The number of carbonyl (C=O) groups is 2. The first-order valence-electron chi connectivity index (χ1n) is 8.65. The van der Waals surface area contributed by atoms with Crippen molar-refractivity contribution in [1.29, 1.82) is 0 Å². The molecule has 1 aromatic carbocycles. The summed E-state index contributed by atoms with van der Waals surface area (Å²) in [5.41, 5.74) is 1.11. The van der Waals surface area contributed by atoms with E-state index in [1.54, 1.807) is 12.0 Å². The van der Waals surface area contributed by atoms with Crippen LogP contribution in [0.15, 0.2) is 24.3 Å². The van der Waals surface area contributed by atoms with Gasteiger partial charge in [-0.2, -0.15) is 0 Å². The Morgan fingerprint density at radius 1 is 1.40 bits per heavy atom. The number of ether oxygens (including phenoxy) is 1. The molecular formula is C18H27N3O3S. The minimum atomic E-state index is -0.115. The monoisotopic (exact) mass is 365 g/mol. The summed E-state index contributed by atoms with van der Waals surface area (Å²) in [6, 6.07) is 8.01. The number of thioether (sulfide) groups is 1. The van der Waals surface area contributed by atoms with Crippen LogP contribution in [0.3, 0.4) is 0 Å². The quantitative estimate of drug-likeness (QED) is 0.728. The Kier molecular flexibility index (Phi) is 7.58. The third kappa shape index (κ3) is 5.37. The average Bonchev–Trinajstić information content (AvgIpc) is 3.03. The van der Waals surface area contributed by atoms with Crippen molar-refractivity contribution in [3.05, 3.63) is 29.8 Å². The molecule has 0 bridgehead atoms. The van der Waals surface area contributed by atoms with Gasteiger partial charge in [0, 0.05) is 18.8 Å². The lowest BCUT2D eigenvalue weighted by molar-refractivity contribution is -0.121. The molecule has 1 aliphatic rings. The van der Waals surface area contributed by atoms with Crippen LogP contribution in [0.5, 0.6) is 5.75 Å². The fraction of sp³-hybridized carbons (Fsp3) is 0.556. The van der Waals surface area contributed by atoms with E-state index in [4.69, 9.17) is 4.74 Å². The molecule has 25 heavy (non-hydrogen) atoms. The van der Waals surface area contributed by atoms with Gasteiger partial charge in [0.1, 0.15) is 12.3 Å². The van der Waals surface area contributed by atoms with Gasteiger partial charge in [-0.05, 0) is 30.8 Å². The van der Waals surface area contributed by atoms with Crippen molar-refractivity contribution >= 4 is 22.9 Å². The Labute approximate surface area is 153 Å². The highest BCUT2D eigenvalue weighted by Crippen LogP contribution is 2.24. The SMILES string of the molecule is CCN(CC)[C@@H](CNC(=O)CN1CCSC1=O)c1cccc(OC)c1. The maximum Gasteiger partial charge on any atom is 0.282 e. The minimum Gasteiger partial charge on any atom is -0.497 e. The second-order valence-electron chi connectivity index (χ2n) is 5.85. The Balaban J connectivity index is 2.02. The van der Waals surface area contributed by atoms with Crippen LogP contribution in [0, 0.1) is 0 Å². The highest BCUT2D eigenvalue weighted by molar-refractivity contribution is 8.13. The van der Waals surface area contributed by atoms with E-state index in [0.29, 0.717) is 13.1 Å². The number of benzene rings is 1. The molecule has 1 heterocycles. The van der Waals surface area contributed by atoms with E-state index in [9.17, 15) is 9.59 Å². The topological polar surface area (TPSA) is 61.9 Å². The van der Waals surface area contributed by atoms with E-state index in [1.807, 2.05) is 18.2 Å². The number of rotatable bonds is 9. The Hall–Kier alpha value is -1.73. The second-order valence-corrected chi connectivity index (χ2v) is 6.90. The van der Waals surface area contributed by atoms with Gasteiger partial charge in [-0.1, -0.05) is 37.7 Å². The van der Waals surface area contributed by atoms with Crippen LogP contribution < -0.4 is 10.1 Å². The molecule has 0 aromatic heterocycles. The average molecular weight is 365 g/mol. The molecule has 1 aromatic rings. The summed E-state index contributed by atoms with van der Waals surface area (Å²) in [5.74, 6) is 1.45. The van der Waals surface area contributed by atoms with Crippen molar-refractivity contribution < 1.29 is 14.3 Å². The van der Waals surface area contributed by atoms with E-state index in [0.717, 1.165) is 30.2 Å². The highest BCUT2D eigenvalue weighted by atomic mass is 32.2. The lowest BCUT2D eigenvalue weighted by atomic mass is 10.0. The molecule has 7 heteroatoms. The van der Waals surface area contributed by atoms with E-state index in [2.05, 4.69) is 30.1 Å². The van der Waals surface area contributed by atoms with Crippen LogP contribution in [0.4, 0.5) is 4.79 Å². The first-order chi connectivity index (χ1) is 12.1. The van der Waals surface area contributed by atoms with Gasteiger partial charge in [0.05, 0.1) is 13.2 Å². The third-order valence-electron chi connectivity index (χ3n) is 4.40. The molecule has 1 N–H and O–H groups in total. The zero-order chi connectivity index (χ0) is 18.2. The van der Waals surface area contributed by atoms with Gasteiger partial charge in [0.2, 0.25) is 5.91 Å². The molecule has 138 valence electrons. The lowest BCUT2D eigenvalue weighted by Crippen LogP contribution is -2.42. The maximum atomic E-state index is 12.2. The van der Waals surface area contributed by atoms with Gasteiger partial charge in [0.25, 0.3) is 5.24 Å². The molecule has 0 aliphatic carbocycles. The zero-order valence-electron chi connectivity index (χ0n) is 15.2. The molecule has 6 nitrogen and oxygen atoms in total. The highest BCUT2D eigenvalue weighted by Gasteiger charge is 2.24. The normalized spacial score (nSPS) is 15.5. The molecule has 1 aliphatic heterocycles. The van der Waals surface area contributed by atoms with Crippen LogP contribution >= 0.6 is 11.8 Å². The number of hydrogen-bond donors (Lipinski definition) is 1. The molecule has 0 radical (unpaired) electrons. The lowest BCUT2D eigenvalue weighted by Gasteiger charge is -2.30. The van der Waals surface area contributed by atoms with Crippen molar-refractivity contribution in [1.82, 2.24) is 15.1 Å². The predicted molar refractivity (Wildman–Crippen MR) is 101 cm³/mol. The summed E-state index contributed by atoms with van der Waals surface area (Å²) in [4.78, 5) is 27.8. The number of likely N-dealkylation sites (N-methyl/N-ethyl adjacent to an activating group) is 1. The molecule has 2 amide bonds. The summed E-state index contributed by atoms with van der Waals surface area (Å²) in [6.07, 6.45) is 0. The van der Waals surface area contributed by atoms with Crippen molar-refractivity contribution in [2.24, 2.45) is 0 Å². The van der Waals surface area contributed by atoms with Gasteiger partial charge in [-0.25, -0.2) is 0 Å². The van der Waals surface area contributed by atoms with Crippen molar-refractivity contribution in [3.63, 3.8) is 0 Å². The molecule has 0 unspecified atom stereocenters. The molecule has 2 rings (SSSR count). The summed E-state index contributed by atoms with van der Waals surface area (Å²) in [5, 5.41) is 2.98. The van der Waals surface area contributed by atoms with Crippen LogP contribution in [-0.4, -0.2) is 66.5 Å². The van der Waals surface area contributed by atoms with Gasteiger partial charge >= 0.3 is 0 Å². The van der Waals surface area contributed by atoms with Gasteiger partial charge in [-0.3, -0.25) is 14.5 Å². The smallest absolute Gasteiger partial charge is 0.282 e. The number of hydrogen-bond acceptors (Lipinski definition) is 5. The standard InChI is InChI=1S/C18H27N3O3S/c1-4-20(5-2)16(14-7-6-8-15(11-14)24-3)12-19-17(22)13-21-9-10-25-18(21)23/h6-8,11,16H,4-5,9-10,12-13H2,1-3H3,(H,19,22)/t16-/m0/s1. The fourth-order valence-electron chi connectivity index (χ4n) is 2.98. The first kappa shape index (κ1) is 19.6. The fourth-order valence-corrected chi connectivity index (χ4v) is 3.80. The van der Waals surface area contributed by atoms with Crippen LogP contribution in [0.25, 0.3) is 0 Å².